The molecule has 0 fully saturated rings. The van der Waals surface area contributed by atoms with E-state index in [2.05, 4.69) is 27.9 Å². The van der Waals surface area contributed by atoms with Gasteiger partial charge in [-0.05, 0) is 19.3 Å². The van der Waals surface area contributed by atoms with Crippen LogP contribution in [0.3, 0.4) is 0 Å². The summed E-state index contributed by atoms with van der Waals surface area (Å²) < 4.78 is 17.4. The van der Waals surface area contributed by atoms with Crippen molar-refractivity contribution in [2.45, 2.75) is 148 Å². The van der Waals surface area contributed by atoms with Gasteiger partial charge in [0.1, 0.15) is 0 Å². The molecule has 0 spiro atoms. The van der Waals surface area contributed by atoms with Gasteiger partial charge in [0.15, 0.2) is 0 Å². The molecule has 0 aromatic rings. The molecule has 0 saturated carbocycles. The summed E-state index contributed by atoms with van der Waals surface area (Å²) in [5.41, 5.74) is 0. The molecule has 0 aliphatic heterocycles. The number of unbranched alkanes of at least 4 members (excludes halogenated alkanes) is 15. The van der Waals surface area contributed by atoms with Crippen LogP contribution in [0.2, 0.25) is 0 Å². The van der Waals surface area contributed by atoms with Gasteiger partial charge in [-0.3, -0.25) is 0 Å². The van der Waals surface area contributed by atoms with Gasteiger partial charge in [-0.1, -0.05) is 110 Å². The molecule has 0 rings (SSSR count). The minimum absolute atomic E-state index is 0. The number of rotatable bonds is 25. The molecular formula is C29H62ClNO3. The molecule has 1 atom stereocenters. The van der Waals surface area contributed by atoms with Crippen molar-refractivity contribution in [1.82, 2.24) is 0 Å². The fourth-order valence-electron chi connectivity index (χ4n) is 5.14. The Morgan fingerprint density at radius 1 is 0.588 bits per heavy atom. The summed E-state index contributed by atoms with van der Waals surface area (Å²) in [5, 5.41) is 0. The zero-order chi connectivity index (χ0) is 24.8. The van der Waals surface area contributed by atoms with Crippen LogP contribution in [-0.2, 0) is 14.2 Å². The molecule has 0 aliphatic rings. The molecule has 0 heterocycles. The highest BCUT2D eigenvalue weighted by Gasteiger charge is 2.35. The van der Waals surface area contributed by atoms with E-state index in [1.165, 1.54) is 116 Å². The molecule has 5 heteroatoms. The maximum absolute atomic E-state index is 5.48. The van der Waals surface area contributed by atoms with E-state index < -0.39 is 5.97 Å². The highest BCUT2D eigenvalue weighted by atomic mass is 35.5. The average molecular weight is 508 g/mol. The van der Waals surface area contributed by atoms with E-state index in [1.54, 1.807) is 21.3 Å². The van der Waals surface area contributed by atoms with Crippen molar-refractivity contribution in [3.63, 3.8) is 0 Å². The lowest BCUT2D eigenvalue weighted by atomic mass is 10.0. The summed E-state index contributed by atoms with van der Waals surface area (Å²) in [6, 6.07) is 0.680. The predicted octanol–water partition coefficient (Wildman–Crippen LogP) is 5.48. The maximum atomic E-state index is 5.48. The summed E-state index contributed by atoms with van der Waals surface area (Å²) in [6.07, 6.45) is 26.1. The van der Waals surface area contributed by atoms with Crippen LogP contribution in [0, 0.1) is 0 Å². The zero-order valence-electron chi connectivity index (χ0n) is 24.3. The lowest BCUT2D eigenvalue weighted by Gasteiger charge is -2.40. The highest BCUT2D eigenvalue weighted by molar-refractivity contribution is 4.61. The molecule has 1 unspecified atom stereocenters. The van der Waals surface area contributed by atoms with Crippen molar-refractivity contribution in [2.24, 2.45) is 0 Å². The van der Waals surface area contributed by atoms with Crippen LogP contribution >= 0.6 is 0 Å². The largest absolute Gasteiger partial charge is 1.00 e. The highest BCUT2D eigenvalue weighted by Crippen LogP contribution is 2.24. The normalized spacial score (nSPS) is 13.1. The van der Waals surface area contributed by atoms with Gasteiger partial charge in [0.2, 0.25) is 0 Å². The Bertz CT molecular complexity index is 408. The van der Waals surface area contributed by atoms with Crippen LogP contribution in [0.5, 0.6) is 0 Å². The summed E-state index contributed by atoms with van der Waals surface area (Å²) >= 11 is 0. The van der Waals surface area contributed by atoms with Gasteiger partial charge in [0.25, 0.3) is 5.97 Å². The molecular weight excluding hydrogens is 446 g/mol. The minimum Gasteiger partial charge on any atom is -1.00 e. The average Bonchev–Trinajstić information content (AvgIpc) is 2.82. The number of halogens is 1. The predicted molar refractivity (Wildman–Crippen MR) is 144 cm³/mol. The third kappa shape index (κ3) is 17.5. The van der Waals surface area contributed by atoms with Crippen molar-refractivity contribution >= 4 is 0 Å². The fraction of sp³-hybridized carbons (Fsp3) is 1.00. The van der Waals surface area contributed by atoms with Gasteiger partial charge in [-0.15, -0.1) is 0 Å². The standard InChI is InChI=1S/C29H62NO3.ClH/c1-8-10-11-12-13-14-15-16-17-18-19-20-21-22-23-24-25-28(9-2)30(3,4)27-26-29(31-5,32-6)33-7;/h28H,8-27H2,1-7H3;1H/q+1;/p-1. The first-order chi connectivity index (χ1) is 15.9. The van der Waals surface area contributed by atoms with Crippen LogP contribution in [0.1, 0.15) is 136 Å². The quantitative estimate of drug-likeness (QED) is 0.0929. The van der Waals surface area contributed by atoms with Gasteiger partial charge in [-0.25, -0.2) is 0 Å². The molecule has 4 nitrogen and oxygen atoms in total. The Morgan fingerprint density at radius 3 is 1.26 bits per heavy atom. The van der Waals surface area contributed by atoms with Gasteiger partial charge in [0, 0.05) is 21.3 Å². The molecule has 0 aromatic carbocycles. The first kappa shape index (κ1) is 36.3. The van der Waals surface area contributed by atoms with E-state index in [0.717, 1.165) is 17.4 Å². The van der Waals surface area contributed by atoms with Gasteiger partial charge in [0.05, 0.1) is 33.1 Å². The lowest BCUT2D eigenvalue weighted by molar-refractivity contribution is -0.917. The molecule has 0 aromatic heterocycles. The Hall–Kier alpha value is 0.130. The van der Waals surface area contributed by atoms with Crippen molar-refractivity contribution in [1.29, 1.82) is 0 Å². The number of hydrogen-bond acceptors (Lipinski definition) is 3. The van der Waals surface area contributed by atoms with E-state index in [1.807, 2.05) is 0 Å². The molecule has 208 valence electrons. The molecule has 0 N–H and O–H groups in total. The third-order valence-electron chi connectivity index (χ3n) is 7.78. The second kappa shape index (κ2) is 23.5. The molecule has 0 radical (unpaired) electrons. The SMILES string of the molecule is CCCCCCCCCCCCCCCCCCC(CC)[N+](C)(C)CCC(OC)(OC)OC.[Cl-]. The van der Waals surface area contributed by atoms with E-state index in [4.69, 9.17) is 14.2 Å². The van der Waals surface area contributed by atoms with Gasteiger partial charge >= 0.3 is 0 Å². The number of nitrogens with zero attached hydrogens (tertiary/aromatic N) is 1. The minimum atomic E-state index is -0.915. The number of hydrogen-bond donors (Lipinski definition) is 0. The van der Waals surface area contributed by atoms with Crippen molar-refractivity contribution in [2.75, 3.05) is 42.0 Å². The van der Waals surface area contributed by atoms with E-state index in [0.29, 0.717) is 6.04 Å². The Labute approximate surface area is 220 Å². The van der Waals surface area contributed by atoms with Crippen LogP contribution < -0.4 is 12.4 Å². The first-order valence-corrected chi connectivity index (χ1v) is 14.4. The number of methoxy groups -OCH3 is 3. The summed E-state index contributed by atoms with van der Waals surface area (Å²) in [4.78, 5) is 0. The Morgan fingerprint density at radius 2 is 0.941 bits per heavy atom. The fourth-order valence-corrected chi connectivity index (χ4v) is 5.14. The van der Waals surface area contributed by atoms with Crippen molar-refractivity contribution in [3.05, 3.63) is 0 Å². The molecule has 0 bridgehead atoms. The van der Waals surface area contributed by atoms with Crippen LogP contribution in [-0.4, -0.2) is 58.5 Å². The summed E-state index contributed by atoms with van der Waals surface area (Å²) in [5.74, 6) is -0.915. The van der Waals surface area contributed by atoms with E-state index in [-0.39, 0.29) is 12.4 Å². The van der Waals surface area contributed by atoms with Gasteiger partial charge < -0.3 is 31.1 Å². The van der Waals surface area contributed by atoms with Crippen molar-refractivity contribution < 1.29 is 31.1 Å². The second-order valence-electron chi connectivity index (χ2n) is 10.7. The second-order valence-corrected chi connectivity index (χ2v) is 10.7. The van der Waals surface area contributed by atoms with E-state index in [9.17, 15) is 0 Å². The maximum Gasteiger partial charge on any atom is 0.287 e. The first-order valence-electron chi connectivity index (χ1n) is 14.4. The number of quaternary nitrogens is 1. The van der Waals surface area contributed by atoms with E-state index >= 15 is 0 Å². The van der Waals surface area contributed by atoms with Crippen LogP contribution in [0.25, 0.3) is 0 Å². The monoisotopic (exact) mass is 507 g/mol. The Kier molecular flexibility index (Phi) is 25.1. The summed E-state index contributed by atoms with van der Waals surface area (Å²) in [7, 11) is 9.64. The lowest BCUT2D eigenvalue weighted by Crippen LogP contribution is -3.00. The zero-order valence-corrected chi connectivity index (χ0v) is 25.0. The number of ether oxygens (including phenoxy) is 3. The van der Waals surface area contributed by atoms with Crippen molar-refractivity contribution in [3.8, 4) is 0 Å². The van der Waals surface area contributed by atoms with Crippen LogP contribution in [0.15, 0.2) is 0 Å². The summed E-state index contributed by atoms with van der Waals surface area (Å²) in [6.45, 7) is 5.60. The molecule has 0 aliphatic carbocycles. The Balaban J connectivity index is 0. The third-order valence-corrected chi connectivity index (χ3v) is 7.78. The smallest absolute Gasteiger partial charge is 0.287 e. The van der Waals surface area contributed by atoms with Crippen LogP contribution in [0.4, 0.5) is 0 Å². The topological polar surface area (TPSA) is 27.7 Å². The molecule has 0 saturated heterocycles. The van der Waals surface area contributed by atoms with Gasteiger partial charge in [-0.2, -0.15) is 0 Å². The molecule has 34 heavy (non-hydrogen) atoms. The molecule has 0 amide bonds.